The van der Waals surface area contributed by atoms with Crippen LogP contribution in [-0.2, 0) is 65.4 Å². The van der Waals surface area contributed by atoms with Crippen LogP contribution in [0.5, 0.6) is 0 Å². The largest absolute Gasteiger partial charge is 0.472 e. The van der Waals surface area contributed by atoms with E-state index in [1.54, 1.807) is 0 Å². The maximum absolute atomic E-state index is 13.1. The number of hydrogen-bond acceptors (Lipinski definition) is 15. The third-order valence-corrected chi connectivity index (χ3v) is 18.6. The van der Waals surface area contributed by atoms with E-state index in [0.29, 0.717) is 32.1 Å². The number of rotatable bonds is 75. The SMILES string of the molecule is CC/C=C\C/C=C\C/C=C\C/C=C\C/C=C\CCCC(=O)OCC(COP(=O)(O)OCC(O)COP(=O)(O)OCC(COC(=O)CCCCCCCCCCCCCCCCC)OC(=O)CCCCCCC/C=C\CCCCCC)OC(=O)CCCCCCCCC/C=C\C/C=C\C/C=C\CC. The molecular weight excluding hydrogens is 1330 g/mol. The number of aliphatic hydroxyl groups is 1. The Morgan fingerprint density at radius 2 is 0.520 bits per heavy atom. The van der Waals surface area contributed by atoms with Crippen LogP contribution in [0.4, 0.5) is 0 Å². The third kappa shape index (κ3) is 74.0. The molecular formula is C83H144O17P2. The minimum atomic E-state index is -4.99. The van der Waals surface area contributed by atoms with Crippen LogP contribution in [0.2, 0.25) is 0 Å². The fourth-order valence-electron chi connectivity index (χ4n) is 10.7. The van der Waals surface area contributed by atoms with Gasteiger partial charge in [-0.3, -0.25) is 37.3 Å². The molecule has 0 aromatic heterocycles. The molecule has 0 aromatic rings. The lowest BCUT2D eigenvalue weighted by molar-refractivity contribution is -0.161. The summed E-state index contributed by atoms with van der Waals surface area (Å²) >= 11 is 0. The smallest absolute Gasteiger partial charge is 0.462 e. The van der Waals surface area contributed by atoms with Crippen LogP contribution in [0.15, 0.2) is 109 Å². The van der Waals surface area contributed by atoms with Crippen LogP contribution in [-0.4, -0.2) is 96.7 Å². The molecule has 0 spiro atoms. The molecule has 17 nitrogen and oxygen atoms in total. The average Bonchev–Trinajstić information content (AvgIpc) is 0.959. The Hall–Kier alpha value is -4.28. The predicted octanol–water partition coefficient (Wildman–Crippen LogP) is 23.3. The van der Waals surface area contributed by atoms with Gasteiger partial charge in [0.2, 0.25) is 0 Å². The van der Waals surface area contributed by atoms with Crippen molar-refractivity contribution in [3.05, 3.63) is 109 Å². The molecule has 5 atom stereocenters. The topological polar surface area (TPSA) is 237 Å². The van der Waals surface area contributed by atoms with Gasteiger partial charge in [0.15, 0.2) is 12.2 Å². The summed E-state index contributed by atoms with van der Waals surface area (Å²) in [6.45, 7) is 4.59. The molecule has 0 aliphatic rings. The molecule has 0 aliphatic heterocycles. The normalized spacial score (nSPS) is 14.5. The van der Waals surface area contributed by atoms with Crippen LogP contribution in [0, 0.1) is 0 Å². The van der Waals surface area contributed by atoms with Crippen LogP contribution >= 0.6 is 15.6 Å². The molecule has 3 N–H and O–H groups in total. The lowest BCUT2D eigenvalue weighted by Gasteiger charge is -2.21. The lowest BCUT2D eigenvalue weighted by Crippen LogP contribution is -2.30. The number of esters is 4. The van der Waals surface area contributed by atoms with Crippen molar-refractivity contribution in [2.45, 2.75) is 354 Å². The maximum Gasteiger partial charge on any atom is 0.472 e. The van der Waals surface area contributed by atoms with E-state index >= 15 is 0 Å². The Bertz CT molecular complexity index is 2360. The van der Waals surface area contributed by atoms with E-state index < -0.39 is 97.5 Å². The summed E-state index contributed by atoms with van der Waals surface area (Å²) in [7, 11) is -9.97. The molecule has 19 heteroatoms. The third-order valence-electron chi connectivity index (χ3n) is 16.7. The maximum atomic E-state index is 13.1. The van der Waals surface area contributed by atoms with Gasteiger partial charge in [-0.05, 0) is 122 Å². The molecule has 0 bridgehead atoms. The van der Waals surface area contributed by atoms with Gasteiger partial charge < -0.3 is 33.8 Å². The Labute approximate surface area is 619 Å². The van der Waals surface area contributed by atoms with Crippen LogP contribution < -0.4 is 0 Å². The minimum absolute atomic E-state index is 0.0701. The van der Waals surface area contributed by atoms with Crippen LogP contribution in [0.3, 0.4) is 0 Å². The zero-order valence-corrected chi connectivity index (χ0v) is 66.0. The van der Waals surface area contributed by atoms with E-state index in [2.05, 4.69) is 125 Å². The number of carbonyl (C=O) groups is 4. The van der Waals surface area contributed by atoms with Crippen molar-refractivity contribution in [1.82, 2.24) is 0 Å². The first-order valence-corrected chi connectivity index (χ1v) is 43.1. The van der Waals surface area contributed by atoms with E-state index in [1.807, 2.05) is 12.2 Å². The van der Waals surface area contributed by atoms with Crippen LogP contribution in [0.1, 0.15) is 336 Å². The highest BCUT2D eigenvalue weighted by atomic mass is 31.2. The molecule has 0 fully saturated rings. The summed E-state index contributed by atoms with van der Waals surface area (Å²) in [6, 6.07) is 0. The number of unbranched alkanes of at least 4 members (excludes halogenated alkanes) is 31. The molecule has 0 aliphatic carbocycles. The van der Waals surface area contributed by atoms with Crippen molar-refractivity contribution >= 4 is 39.5 Å². The Morgan fingerprint density at radius 1 is 0.284 bits per heavy atom. The number of ether oxygens (including phenoxy) is 4. The highest BCUT2D eigenvalue weighted by molar-refractivity contribution is 7.47. The number of allylic oxidation sites excluding steroid dienone is 18. The van der Waals surface area contributed by atoms with Crippen molar-refractivity contribution in [2.24, 2.45) is 0 Å². The summed E-state index contributed by atoms with van der Waals surface area (Å²) in [5, 5.41) is 10.6. The second-order valence-electron chi connectivity index (χ2n) is 26.6. The van der Waals surface area contributed by atoms with Gasteiger partial charge in [-0.2, -0.15) is 0 Å². The van der Waals surface area contributed by atoms with Crippen molar-refractivity contribution in [2.75, 3.05) is 39.6 Å². The van der Waals surface area contributed by atoms with E-state index in [4.69, 9.17) is 37.0 Å². The molecule has 0 amide bonds. The summed E-state index contributed by atoms with van der Waals surface area (Å²) in [5.74, 6) is -2.25. The monoisotopic (exact) mass is 1470 g/mol. The van der Waals surface area contributed by atoms with Gasteiger partial charge in [-0.25, -0.2) is 9.13 Å². The molecule has 5 unspecified atom stereocenters. The van der Waals surface area contributed by atoms with Gasteiger partial charge in [0, 0.05) is 25.7 Å². The standard InChI is InChI=1S/C83H144O17P2/c1-5-9-13-17-21-25-29-33-36-38-41-45-48-52-56-60-64-68-81(86)94-74-79(100-83(88)70-66-62-58-54-50-46-42-39-37-34-30-26-22-18-14-10-6-2)76-98-102(91,92)96-72-77(84)71-95-101(89,90)97-75-78(99-82(87)69-65-61-57-53-49-43-32-28-24-20-16-12-8-4)73-93-80(85)67-63-59-55-51-47-44-40-35-31-27-23-19-15-11-7-3/h9-10,13-14,21-22,25-26,28,32-34,36-37,41,45,52,56,77-79,84H,5-8,11-12,15-20,23-24,27,29-31,35,38-40,42-44,46-51,53-55,57-76H2,1-4H3,(H,89,90)(H,91,92)/b13-9-,14-10-,25-21-,26-22-,32-28-,36-33-,37-34-,45-41-,56-52-. The van der Waals surface area contributed by atoms with Gasteiger partial charge in [-0.1, -0.05) is 298 Å². The first kappa shape index (κ1) is 97.7. The molecule has 0 saturated heterocycles. The summed E-state index contributed by atoms with van der Waals surface area (Å²) in [4.78, 5) is 73.0. The Morgan fingerprint density at radius 3 is 0.843 bits per heavy atom. The summed E-state index contributed by atoms with van der Waals surface area (Å²) in [5.41, 5.74) is 0. The number of carbonyl (C=O) groups excluding carboxylic acids is 4. The van der Waals surface area contributed by atoms with Gasteiger partial charge in [0.25, 0.3) is 0 Å². The van der Waals surface area contributed by atoms with Gasteiger partial charge in [-0.15, -0.1) is 0 Å². The van der Waals surface area contributed by atoms with Crippen molar-refractivity contribution < 1.29 is 80.2 Å². The highest BCUT2D eigenvalue weighted by Crippen LogP contribution is 2.45. The molecule has 0 saturated carbocycles. The van der Waals surface area contributed by atoms with E-state index in [0.717, 1.165) is 154 Å². The van der Waals surface area contributed by atoms with E-state index in [-0.39, 0.29) is 25.7 Å². The van der Waals surface area contributed by atoms with E-state index in [1.165, 1.54) is 96.3 Å². The van der Waals surface area contributed by atoms with E-state index in [9.17, 15) is 43.2 Å². The van der Waals surface area contributed by atoms with Crippen LogP contribution in [0.25, 0.3) is 0 Å². The lowest BCUT2D eigenvalue weighted by atomic mass is 10.0. The molecule has 0 heterocycles. The molecule has 0 radical (unpaired) electrons. The zero-order chi connectivity index (χ0) is 74.6. The van der Waals surface area contributed by atoms with Gasteiger partial charge in [0.1, 0.15) is 19.3 Å². The van der Waals surface area contributed by atoms with Crippen molar-refractivity contribution in [3.63, 3.8) is 0 Å². The van der Waals surface area contributed by atoms with Gasteiger partial charge >= 0.3 is 39.5 Å². The molecule has 588 valence electrons. The fourth-order valence-corrected chi connectivity index (χ4v) is 12.3. The Balaban J connectivity index is 5.40. The predicted molar refractivity (Wildman–Crippen MR) is 418 cm³/mol. The number of phosphoric ester groups is 2. The summed E-state index contributed by atoms with van der Waals surface area (Å²) < 4.78 is 68.6. The first-order valence-electron chi connectivity index (χ1n) is 40.1. The minimum Gasteiger partial charge on any atom is -0.462 e. The quantitative estimate of drug-likeness (QED) is 0.0169. The number of aliphatic hydroxyl groups excluding tert-OH is 1. The van der Waals surface area contributed by atoms with Crippen molar-refractivity contribution in [3.8, 4) is 0 Å². The summed E-state index contributed by atoms with van der Waals surface area (Å²) in [6.07, 6.45) is 80.7. The zero-order valence-electron chi connectivity index (χ0n) is 64.3. The molecule has 0 rings (SSSR count). The number of hydrogen-bond donors (Lipinski definition) is 3. The fraction of sp³-hybridized carbons (Fsp3) is 0.735. The van der Waals surface area contributed by atoms with Gasteiger partial charge in [0.05, 0.1) is 26.4 Å². The molecule has 102 heavy (non-hydrogen) atoms. The highest BCUT2D eigenvalue weighted by Gasteiger charge is 2.30. The second kappa shape index (κ2) is 75.0. The first-order chi connectivity index (χ1) is 49.7. The molecule has 0 aromatic carbocycles. The number of phosphoric acid groups is 2. The Kier molecular flexibility index (Phi) is 71.8. The van der Waals surface area contributed by atoms with Crippen molar-refractivity contribution in [1.29, 1.82) is 0 Å². The second-order valence-corrected chi connectivity index (χ2v) is 29.5. The average molecular weight is 1480 g/mol.